The third-order valence-electron chi connectivity index (χ3n) is 2.85. The molecule has 1 aromatic carbocycles. The second kappa shape index (κ2) is 6.94. The number of nitrogens with zero attached hydrogens (tertiary/aromatic N) is 1. The number of hydrogen-bond acceptors (Lipinski definition) is 2. The zero-order chi connectivity index (χ0) is 12.8. The molecule has 1 aromatic rings. The monoisotopic (exact) mass is 270 g/mol. The Labute approximate surface area is 114 Å². The van der Waals surface area contributed by atoms with Crippen LogP contribution < -0.4 is 5.73 Å². The predicted molar refractivity (Wildman–Crippen MR) is 78.4 cm³/mol. The lowest BCUT2D eigenvalue weighted by molar-refractivity contribution is 0.233. The molecule has 0 saturated carbocycles. The average Bonchev–Trinajstić information content (AvgIpc) is 2.25. The zero-order valence-electron chi connectivity index (χ0n) is 10.3. The third kappa shape index (κ3) is 5.02. The standard InChI is InChI=1S/C13H19ClN2S/c1-3-12(8-13(15)17)16(2)9-10-5-4-6-11(14)7-10/h4-7,12H,3,8-9H2,1-2H3,(H2,15,17). The number of nitrogens with two attached hydrogens (primary N) is 1. The fraction of sp³-hybridized carbons (Fsp3) is 0.462. The van der Waals surface area contributed by atoms with Gasteiger partial charge in [0.25, 0.3) is 0 Å². The van der Waals surface area contributed by atoms with Crippen LogP contribution in [0.3, 0.4) is 0 Å². The first kappa shape index (κ1) is 14.4. The van der Waals surface area contributed by atoms with E-state index in [1.807, 2.05) is 18.2 Å². The summed E-state index contributed by atoms with van der Waals surface area (Å²) in [5.74, 6) is 0. The minimum Gasteiger partial charge on any atom is -0.393 e. The van der Waals surface area contributed by atoms with Gasteiger partial charge in [-0.05, 0) is 31.2 Å². The molecule has 0 amide bonds. The van der Waals surface area contributed by atoms with Crippen LogP contribution >= 0.6 is 23.8 Å². The molecule has 94 valence electrons. The van der Waals surface area contributed by atoms with Crippen LogP contribution in [0, 0.1) is 0 Å². The lowest BCUT2D eigenvalue weighted by atomic mass is 10.1. The third-order valence-corrected chi connectivity index (χ3v) is 3.25. The van der Waals surface area contributed by atoms with Crippen LogP contribution in [0.2, 0.25) is 5.02 Å². The topological polar surface area (TPSA) is 29.3 Å². The SMILES string of the molecule is CCC(CC(N)=S)N(C)Cc1cccc(Cl)c1. The zero-order valence-corrected chi connectivity index (χ0v) is 11.9. The molecule has 0 aliphatic heterocycles. The fourth-order valence-electron chi connectivity index (χ4n) is 1.90. The van der Waals surface area contributed by atoms with E-state index >= 15 is 0 Å². The quantitative estimate of drug-likeness (QED) is 0.805. The van der Waals surface area contributed by atoms with Gasteiger partial charge in [0.2, 0.25) is 0 Å². The molecule has 0 radical (unpaired) electrons. The number of rotatable bonds is 6. The highest BCUT2D eigenvalue weighted by molar-refractivity contribution is 7.80. The van der Waals surface area contributed by atoms with Gasteiger partial charge in [-0.1, -0.05) is 42.9 Å². The van der Waals surface area contributed by atoms with E-state index in [0.29, 0.717) is 11.0 Å². The van der Waals surface area contributed by atoms with Crippen molar-refractivity contribution in [2.45, 2.75) is 32.4 Å². The van der Waals surface area contributed by atoms with Crippen molar-refractivity contribution in [3.63, 3.8) is 0 Å². The van der Waals surface area contributed by atoms with Gasteiger partial charge in [-0.15, -0.1) is 0 Å². The summed E-state index contributed by atoms with van der Waals surface area (Å²) < 4.78 is 0. The van der Waals surface area contributed by atoms with Gasteiger partial charge >= 0.3 is 0 Å². The molecule has 0 saturated heterocycles. The number of halogens is 1. The molecule has 0 spiro atoms. The van der Waals surface area contributed by atoms with E-state index < -0.39 is 0 Å². The molecule has 0 aliphatic carbocycles. The molecule has 2 nitrogen and oxygen atoms in total. The summed E-state index contributed by atoms with van der Waals surface area (Å²) in [5, 5.41) is 0.776. The highest BCUT2D eigenvalue weighted by Crippen LogP contribution is 2.15. The van der Waals surface area contributed by atoms with Gasteiger partial charge in [0.1, 0.15) is 0 Å². The molecule has 0 fully saturated rings. The second-order valence-electron chi connectivity index (χ2n) is 4.28. The van der Waals surface area contributed by atoms with Crippen LogP contribution in [0.25, 0.3) is 0 Å². The molecular weight excluding hydrogens is 252 g/mol. The van der Waals surface area contributed by atoms with Crippen LogP contribution in [-0.4, -0.2) is 23.0 Å². The number of hydrogen-bond donors (Lipinski definition) is 1. The van der Waals surface area contributed by atoms with Gasteiger partial charge < -0.3 is 5.73 Å². The molecule has 0 aromatic heterocycles. The first-order chi connectivity index (χ1) is 8.02. The van der Waals surface area contributed by atoms with Crippen LogP contribution in [-0.2, 0) is 6.54 Å². The maximum Gasteiger partial charge on any atom is 0.0743 e. The van der Waals surface area contributed by atoms with Crippen LogP contribution in [0.4, 0.5) is 0 Å². The van der Waals surface area contributed by atoms with Gasteiger partial charge in [0.15, 0.2) is 0 Å². The molecular formula is C13H19ClN2S. The predicted octanol–water partition coefficient (Wildman–Crippen LogP) is 3.23. The fourth-order valence-corrected chi connectivity index (χ4v) is 2.30. The summed E-state index contributed by atoms with van der Waals surface area (Å²) in [4.78, 5) is 2.85. The van der Waals surface area contributed by atoms with E-state index in [-0.39, 0.29) is 0 Å². The van der Waals surface area contributed by atoms with Crippen molar-refractivity contribution in [1.29, 1.82) is 0 Å². The summed E-state index contributed by atoms with van der Waals surface area (Å²) >= 11 is 10.9. The highest BCUT2D eigenvalue weighted by Gasteiger charge is 2.13. The van der Waals surface area contributed by atoms with Gasteiger partial charge in [-0.3, -0.25) is 4.90 Å². The summed E-state index contributed by atoms with van der Waals surface area (Å²) in [6, 6.07) is 8.32. The molecule has 4 heteroatoms. The van der Waals surface area contributed by atoms with E-state index in [1.54, 1.807) is 0 Å². The van der Waals surface area contributed by atoms with Crippen molar-refractivity contribution in [1.82, 2.24) is 4.90 Å². The van der Waals surface area contributed by atoms with Gasteiger partial charge in [-0.25, -0.2) is 0 Å². The Morgan fingerprint density at radius 1 is 1.53 bits per heavy atom. The van der Waals surface area contributed by atoms with Crippen molar-refractivity contribution in [2.75, 3.05) is 7.05 Å². The smallest absolute Gasteiger partial charge is 0.0743 e. The summed E-state index contributed by atoms with van der Waals surface area (Å²) in [6.45, 7) is 3.01. The minimum absolute atomic E-state index is 0.395. The Morgan fingerprint density at radius 3 is 2.76 bits per heavy atom. The van der Waals surface area contributed by atoms with Crippen molar-refractivity contribution >= 4 is 28.8 Å². The highest BCUT2D eigenvalue weighted by atomic mass is 35.5. The van der Waals surface area contributed by atoms with E-state index in [2.05, 4.69) is 24.9 Å². The van der Waals surface area contributed by atoms with Gasteiger partial charge in [-0.2, -0.15) is 0 Å². The second-order valence-corrected chi connectivity index (χ2v) is 5.24. The van der Waals surface area contributed by atoms with Gasteiger partial charge in [0.05, 0.1) is 4.99 Å². The maximum absolute atomic E-state index is 5.97. The Balaban J connectivity index is 2.63. The first-order valence-corrected chi connectivity index (χ1v) is 6.54. The largest absolute Gasteiger partial charge is 0.393 e. The molecule has 1 rings (SSSR count). The van der Waals surface area contributed by atoms with Crippen molar-refractivity contribution in [3.05, 3.63) is 34.9 Å². The van der Waals surface area contributed by atoms with Crippen molar-refractivity contribution in [2.24, 2.45) is 5.73 Å². The van der Waals surface area contributed by atoms with Crippen LogP contribution in [0.1, 0.15) is 25.3 Å². The normalized spacial score (nSPS) is 12.7. The van der Waals surface area contributed by atoms with E-state index in [9.17, 15) is 0 Å². The number of thiocarbonyl (C=S) groups is 1. The average molecular weight is 271 g/mol. The lowest BCUT2D eigenvalue weighted by Gasteiger charge is -2.26. The maximum atomic E-state index is 5.97. The molecule has 0 heterocycles. The Morgan fingerprint density at radius 2 is 2.24 bits per heavy atom. The van der Waals surface area contributed by atoms with Crippen molar-refractivity contribution in [3.8, 4) is 0 Å². The molecule has 0 bridgehead atoms. The Kier molecular flexibility index (Phi) is 5.89. The minimum atomic E-state index is 0.395. The van der Waals surface area contributed by atoms with E-state index in [1.165, 1.54) is 5.56 Å². The van der Waals surface area contributed by atoms with Gasteiger partial charge in [0, 0.05) is 24.0 Å². The summed E-state index contributed by atoms with van der Waals surface area (Å²) in [6.07, 6.45) is 1.80. The molecule has 1 atom stereocenters. The first-order valence-electron chi connectivity index (χ1n) is 5.76. The van der Waals surface area contributed by atoms with Crippen molar-refractivity contribution < 1.29 is 0 Å². The molecule has 0 aliphatic rings. The molecule has 17 heavy (non-hydrogen) atoms. The molecule has 2 N–H and O–H groups in total. The van der Waals surface area contributed by atoms with Crippen LogP contribution in [0.5, 0.6) is 0 Å². The molecule has 1 unspecified atom stereocenters. The summed E-state index contributed by atoms with van der Waals surface area (Å²) in [5.41, 5.74) is 6.82. The summed E-state index contributed by atoms with van der Waals surface area (Å²) in [7, 11) is 2.09. The lowest BCUT2D eigenvalue weighted by Crippen LogP contribution is -2.34. The Bertz CT molecular complexity index is 381. The number of benzene rings is 1. The Hall–Kier alpha value is -0.640. The van der Waals surface area contributed by atoms with E-state index in [4.69, 9.17) is 29.6 Å². The van der Waals surface area contributed by atoms with E-state index in [0.717, 1.165) is 24.4 Å². The van der Waals surface area contributed by atoms with Crippen LogP contribution in [0.15, 0.2) is 24.3 Å².